The molecular weight excluding hydrogens is 330 g/mol. The minimum atomic E-state index is -0.613. The summed E-state index contributed by atoms with van der Waals surface area (Å²) in [6.07, 6.45) is 0.816. The first kappa shape index (κ1) is 22.4. The van der Waals surface area contributed by atoms with Gasteiger partial charge in [0.25, 0.3) is 0 Å². The van der Waals surface area contributed by atoms with E-state index in [0.717, 1.165) is 12.1 Å². The van der Waals surface area contributed by atoms with Crippen LogP contribution in [0.2, 0.25) is 0 Å². The average Bonchev–Trinajstić information content (AvgIpc) is 2.72. The van der Waals surface area contributed by atoms with Crippen molar-refractivity contribution in [1.29, 1.82) is 0 Å². The van der Waals surface area contributed by atoms with Crippen molar-refractivity contribution in [3.05, 3.63) is 11.8 Å². The molecule has 0 spiro atoms. The van der Waals surface area contributed by atoms with Crippen molar-refractivity contribution in [1.82, 2.24) is 15.1 Å². The fraction of sp³-hybridized carbons (Fsp3) is 0.688. The molecule has 0 unspecified atom stereocenters. The van der Waals surface area contributed by atoms with Crippen LogP contribution < -0.4 is 16.4 Å². The van der Waals surface area contributed by atoms with Crippen LogP contribution in [0.25, 0.3) is 0 Å². The van der Waals surface area contributed by atoms with Gasteiger partial charge in [-0.25, -0.2) is 0 Å². The zero-order chi connectivity index (χ0) is 17.8. The standard InChI is InChI=1S/C16H29N5O2.ClH/c1-10(2)14(17)15(23)18-9-13(22)19-12-7-11(20-21(12)6)8-16(3,4)5;/h7,10,14H,8-9,17H2,1-6H3,(H,18,23)(H,19,22);1H/t14-;/m0./s1. The van der Waals surface area contributed by atoms with E-state index in [9.17, 15) is 9.59 Å². The molecule has 2 amide bonds. The number of rotatable bonds is 6. The summed E-state index contributed by atoms with van der Waals surface area (Å²) in [4.78, 5) is 23.7. The molecule has 0 aliphatic rings. The number of nitrogens with two attached hydrogens (primary N) is 1. The molecule has 8 heteroatoms. The molecule has 0 aliphatic heterocycles. The monoisotopic (exact) mass is 359 g/mol. The van der Waals surface area contributed by atoms with Crippen LogP contribution >= 0.6 is 12.4 Å². The number of aryl methyl sites for hydroxylation is 1. The van der Waals surface area contributed by atoms with E-state index in [-0.39, 0.29) is 42.1 Å². The van der Waals surface area contributed by atoms with Crippen LogP contribution in [0.5, 0.6) is 0 Å². The van der Waals surface area contributed by atoms with E-state index in [1.807, 2.05) is 19.9 Å². The lowest BCUT2D eigenvalue weighted by atomic mass is 9.91. The SMILES string of the molecule is CC(C)[C@H](N)C(=O)NCC(=O)Nc1cc(CC(C)(C)C)nn1C.Cl. The van der Waals surface area contributed by atoms with Gasteiger partial charge in [-0.1, -0.05) is 34.6 Å². The van der Waals surface area contributed by atoms with Gasteiger partial charge in [0.05, 0.1) is 18.3 Å². The predicted octanol–water partition coefficient (Wildman–Crippen LogP) is 1.47. The summed E-state index contributed by atoms with van der Waals surface area (Å²) in [5.41, 5.74) is 6.77. The van der Waals surface area contributed by atoms with Crippen LogP contribution in [0.3, 0.4) is 0 Å². The van der Waals surface area contributed by atoms with Gasteiger partial charge in [-0.3, -0.25) is 14.3 Å². The highest BCUT2D eigenvalue weighted by Crippen LogP contribution is 2.21. The van der Waals surface area contributed by atoms with E-state index >= 15 is 0 Å². The summed E-state index contributed by atoms with van der Waals surface area (Å²) in [6, 6.07) is 1.24. The Morgan fingerprint density at radius 1 is 1.33 bits per heavy atom. The number of carbonyl (C=O) groups is 2. The highest BCUT2D eigenvalue weighted by atomic mass is 35.5. The van der Waals surface area contributed by atoms with Crippen molar-refractivity contribution in [2.75, 3.05) is 11.9 Å². The molecule has 0 bridgehead atoms. The van der Waals surface area contributed by atoms with Crippen LogP contribution in [-0.4, -0.2) is 34.2 Å². The molecule has 0 radical (unpaired) electrons. The van der Waals surface area contributed by atoms with Crippen LogP contribution in [0, 0.1) is 11.3 Å². The predicted molar refractivity (Wildman–Crippen MR) is 98.1 cm³/mol. The third-order valence-corrected chi connectivity index (χ3v) is 3.35. The van der Waals surface area contributed by atoms with Gasteiger partial charge in [-0.15, -0.1) is 12.4 Å². The largest absolute Gasteiger partial charge is 0.346 e. The van der Waals surface area contributed by atoms with Crippen LogP contribution in [0.4, 0.5) is 5.82 Å². The molecule has 1 aromatic heterocycles. The normalized spacial score (nSPS) is 12.5. The van der Waals surface area contributed by atoms with Gasteiger partial charge in [0.1, 0.15) is 5.82 Å². The second kappa shape index (κ2) is 9.03. The molecule has 7 nitrogen and oxygen atoms in total. The van der Waals surface area contributed by atoms with Gasteiger partial charge in [0.15, 0.2) is 0 Å². The number of anilines is 1. The summed E-state index contributed by atoms with van der Waals surface area (Å²) >= 11 is 0. The summed E-state index contributed by atoms with van der Waals surface area (Å²) in [5, 5.41) is 9.68. The van der Waals surface area contributed by atoms with Crippen molar-refractivity contribution in [2.45, 2.75) is 47.1 Å². The fourth-order valence-electron chi connectivity index (χ4n) is 2.05. The Hall–Kier alpha value is -1.60. The first-order valence-electron chi connectivity index (χ1n) is 7.85. The molecule has 1 heterocycles. The molecule has 1 aromatic rings. The number of hydrogen-bond donors (Lipinski definition) is 3. The van der Waals surface area contributed by atoms with Crippen molar-refractivity contribution < 1.29 is 9.59 Å². The van der Waals surface area contributed by atoms with Crippen molar-refractivity contribution in [3.8, 4) is 0 Å². The fourth-order valence-corrected chi connectivity index (χ4v) is 2.05. The zero-order valence-corrected chi connectivity index (χ0v) is 16.2. The minimum absolute atomic E-state index is 0. The van der Waals surface area contributed by atoms with Crippen molar-refractivity contribution >= 4 is 30.0 Å². The van der Waals surface area contributed by atoms with E-state index in [1.165, 1.54) is 0 Å². The lowest BCUT2D eigenvalue weighted by molar-refractivity contribution is -0.125. The second-order valence-corrected chi connectivity index (χ2v) is 7.42. The lowest BCUT2D eigenvalue weighted by Crippen LogP contribution is -2.46. The highest BCUT2D eigenvalue weighted by molar-refractivity contribution is 5.94. The van der Waals surface area contributed by atoms with E-state index in [0.29, 0.717) is 5.82 Å². The van der Waals surface area contributed by atoms with E-state index in [1.54, 1.807) is 11.7 Å². The third kappa shape index (κ3) is 7.31. The van der Waals surface area contributed by atoms with E-state index in [4.69, 9.17) is 5.73 Å². The smallest absolute Gasteiger partial charge is 0.244 e. The summed E-state index contributed by atoms with van der Waals surface area (Å²) < 4.78 is 1.63. The number of nitrogens with one attached hydrogen (secondary N) is 2. The third-order valence-electron chi connectivity index (χ3n) is 3.35. The Kier molecular flexibility index (Phi) is 8.43. The zero-order valence-electron chi connectivity index (χ0n) is 15.3. The topological polar surface area (TPSA) is 102 Å². The van der Waals surface area contributed by atoms with Gasteiger partial charge < -0.3 is 16.4 Å². The molecule has 0 saturated carbocycles. The number of amides is 2. The number of halogens is 1. The number of nitrogens with zero attached hydrogens (tertiary/aromatic N) is 2. The Morgan fingerprint density at radius 3 is 2.42 bits per heavy atom. The molecule has 0 aliphatic carbocycles. The Balaban J connectivity index is 0.00000529. The molecule has 4 N–H and O–H groups in total. The molecule has 1 rings (SSSR count). The van der Waals surface area contributed by atoms with Gasteiger partial charge in [0.2, 0.25) is 11.8 Å². The second-order valence-electron chi connectivity index (χ2n) is 7.42. The average molecular weight is 360 g/mol. The van der Waals surface area contributed by atoms with Gasteiger partial charge >= 0.3 is 0 Å². The Labute approximate surface area is 150 Å². The number of aromatic nitrogens is 2. The maximum absolute atomic E-state index is 11.9. The van der Waals surface area contributed by atoms with Crippen molar-refractivity contribution in [3.63, 3.8) is 0 Å². The molecule has 24 heavy (non-hydrogen) atoms. The highest BCUT2D eigenvalue weighted by Gasteiger charge is 2.19. The first-order valence-corrected chi connectivity index (χ1v) is 7.85. The van der Waals surface area contributed by atoms with Gasteiger partial charge in [-0.05, 0) is 17.8 Å². The molecule has 1 atom stereocenters. The lowest BCUT2D eigenvalue weighted by Gasteiger charge is -2.15. The summed E-state index contributed by atoms with van der Waals surface area (Å²) in [5.74, 6) is -0.0000548. The van der Waals surface area contributed by atoms with Crippen LogP contribution in [0.15, 0.2) is 6.07 Å². The summed E-state index contributed by atoms with van der Waals surface area (Å²) in [6.45, 7) is 10.0. The molecular formula is C16H30ClN5O2. The molecule has 0 fully saturated rings. The maximum atomic E-state index is 11.9. The van der Waals surface area contributed by atoms with Gasteiger partial charge in [0, 0.05) is 13.1 Å². The first-order chi connectivity index (χ1) is 10.5. The molecule has 138 valence electrons. The quantitative estimate of drug-likeness (QED) is 0.715. The summed E-state index contributed by atoms with van der Waals surface area (Å²) in [7, 11) is 1.77. The number of carbonyl (C=O) groups excluding carboxylic acids is 2. The number of hydrogen-bond acceptors (Lipinski definition) is 4. The van der Waals surface area contributed by atoms with E-state index in [2.05, 4.69) is 36.5 Å². The van der Waals surface area contributed by atoms with Crippen LogP contribution in [-0.2, 0) is 23.1 Å². The maximum Gasteiger partial charge on any atom is 0.244 e. The minimum Gasteiger partial charge on any atom is -0.346 e. The Morgan fingerprint density at radius 2 is 1.92 bits per heavy atom. The van der Waals surface area contributed by atoms with Crippen LogP contribution in [0.1, 0.15) is 40.3 Å². The molecule has 0 saturated heterocycles. The van der Waals surface area contributed by atoms with Crippen molar-refractivity contribution in [2.24, 2.45) is 24.1 Å². The Bertz CT molecular complexity index is 563. The van der Waals surface area contributed by atoms with Gasteiger partial charge in [-0.2, -0.15) is 5.10 Å². The molecule has 0 aromatic carbocycles. The van der Waals surface area contributed by atoms with E-state index < -0.39 is 6.04 Å².